The maximum Gasteiger partial charge on any atom is 0.407 e. The molecule has 3 aromatic carbocycles. The molecule has 4 rings (SSSR count). The highest BCUT2D eigenvalue weighted by Gasteiger charge is 2.37. The Morgan fingerprint density at radius 3 is 2.31 bits per heavy atom. The van der Waals surface area contributed by atoms with Gasteiger partial charge in [-0.05, 0) is 63.6 Å². The number of ether oxygens (including phenoxy) is 2. The van der Waals surface area contributed by atoms with Crippen LogP contribution in [0.15, 0.2) is 78.9 Å². The summed E-state index contributed by atoms with van der Waals surface area (Å²) in [6, 6.07) is 22.5. The van der Waals surface area contributed by atoms with Gasteiger partial charge in [-0.2, -0.15) is 12.6 Å². The summed E-state index contributed by atoms with van der Waals surface area (Å²) in [5.74, 6) is 4.78. The van der Waals surface area contributed by atoms with E-state index in [9.17, 15) is 19.2 Å². The fourth-order valence-electron chi connectivity index (χ4n) is 4.84. The molecule has 3 amide bonds. The number of anilines is 2. The summed E-state index contributed by atoms with van der Waals surface area (Å²) in [5, 5.41) is 2.13. The van der Waals surface area contributed by atoms with Crippen molar-refractivity contribution in [2.75, 3.05) is 24.6 Å². The second kappa shape index (κ2) is 14.8. The number of rotatable bonds is 8. The predicted octanol–water partition coefficient (Wildman–Crippen LogP) is 5.68. The molecule has 3 aromatic rings. The lowest BCUT2D eigenvalue weighted by molar-refractivity contribution is -0.144. The lowest BCUT2D eigenvalue weighted by Gasteiger charge is -2.30. The largest absolute Gasteiger partial charge is 0.466 e. The minimum absolute atomic E-state index is 0.122. The Hall–Kier alpha value is -4.75. The van der Waals surface area contributed by atoms with Crippen LogP contribution in [0.5, 0.6) is 0 Å². The quantitative estimate of drug-likeness (QED) is 0.189. The third kappa shape index (κ3) is 8.89. The smallest absolute Gasteiger partial charge is 0.407 e. The third-order valence-corrected chi connectivity index (χ3v) is 7.06. The van der Waals surface area contributed by atoms with Crippen molar-refractivity contribution in [3.05, 3.63) is 95.6 Å². The van der Waals surface area contributed by atoms with Crippen LogP contribution in [0.4, 0.5) is 16.2 Å². The standard InChI is InChI=1S/C35H37N3O6S/c1-5-43-32(40)21-30(25-12-8-6-9-13-25)37-23-31(39)38(26-14-10-7-11-15-26)29-19-17-24(20-28(29)33(37)41)16-18-27(45)22-36-34(42)44-35(2,3)4/h6-15,17,19-20,27,30,45H,5,21-23H2,1-4H3,(H,36,42). The number of alkyl carbamates (subject to hydrolysis) is 1. The second-order valence-electron chi connectivity index (χ2n) is 11.3. The zero-order chi connectivity index (χ0) is 32.6. The van der Waals surface area contributed by atoms with Crippen LogP contribution in [0, 0.1) is 11.8 Å². The molecule has 0 spiro atoms. The first-order valence-electron chi connectivity index (χ1n) is 14.7. The monoisotopic (exact) mass is 627 g/mol. The molecule has 1 heterocycles. The van der Waals surface area contributed by atoms with Crippen molar-refractivity contribution in [3.8, 4) is 11.8 Å². The Balaban J connectivity index is 1.72. The molecule has 0 saturated heterocycles. The number of thiol groups is 1. The number of hydrogen-bond acceptors (Lipinski definition) is 7. The molecule has 0 bridgehead atoms. The minimum Gasteiger partial charge on any atom is -0.466 e. The Morgan fingerprint density at radius 2 is 1.67 bits per heavy atom. The van der Waals surface area contributed by atoms with Crippen LogP contribution in [-0.4, -0.2) is 59.3 Å². The maximum atomic E-state index is 14.4. The van der Waals surface area contributed by atoms with Crippen LogP contribution in [0.3, 0.4) is 0 Å². The molecule has 0 aromatic heterocycles. The summed E-state index contributed by atoms with van der Waals surface area (Å²) < 4.78 is 10.5. The molecule has 0 radical (unpaired) electrons. The van der Waals surface area contributed by atoms with Gasteiger partial charge in [0.2, 0.25) is 0 Å². The average Bonchev–Trinajstić information content (AvgIpc) is 3.11. The molecule has 0 aliphatic carbocycles. The summed E-state index contributed by atoms with van der Waals surface area (Å²) in [5.41, 5.74) is 1.84. The first-order chi connectivity index (χ1) is 21.5. The molecule has 9 nitrogen and oxygen atoms in total. The molecular weight excluding hydrogens is 590 g/mol. The van der Waals surface area contributed by atoms with Gasteiger partial charge in [0.1, 0.15) is 12.1 Å². The zero-order valence-electron chi connectivity index (χ0n) is 25.8. The highest BCUT2D eigenvalue weighted by Crippen LogP contribution is 2.36. The normalized spacial score (nSPS) is 14.3. The molecule has 1 aliphatic rings. The van der Waals surface area contributed by atoms with Crippen molar-refractivity contribution >= 4 is 47.9 Å². The van der Waals surface area contributed by atoms with E-state index in [0.29, 0.717) is 22.5 Å². The van der Waals surface area contributed by atoms with E-state index in [2.05, 4.69) is 29.8 Å². The highest BCUT2D eigenvalue weighted by molar-refractivity contribution is 7.81. The zero-order valence-corrected chi connectivity index (χ0v) is 26.7. The predicted molar refractivity (Wildman–Crippen MR) is 175 cm³/mol. The molecule has 10 heteroatoms. The van der Waals surface area contributed by atoms with E-state index < -0.39 is 34.9 Å². The number of nitrogens with zero attached hydrogens (tertiary/aromatic N) is 2. The van der Waals surface area contributed by atoms with Crippen molar-refractivity contribution in [3.63, 3.8) is 0 Å². The number of para-hydroxylation sites is 1. The average molecular weight is 628 g/mol. The summed E-state index contributed by atoms with van der Waals surface area (Å²) in [6.45, 7) is 7.11. The van der Waals surface area contributed by atoms with Gasteiger partial charge >= 0.3 is 12.1 Å². The fraction of sp³-hybridized carbons (Fsp3) is 0.314. The topological polar surface area (TPSA) is 105 Å². The van der Waals surface area contributed by atoms with E-state index in [4.69, 9.17) is 9.47 Å². The minimum atomic E-state index is -0.749. The van der Waals surface area contributed by atoms with Crippen molar-refractivity contribution < 1.29 is 28.7 Å². The van der Waals surface area contributed by atoms with Crippen molar-refractivity contribution in [1.82, 2.24) is 10.2 Å². The lowest BCUT2D eigenvalue weighted by Crippen LogP contribution is -2.41. The van der Waals surface area contributed by atoms with Crippen molar-refractivity contribution in [1.29, 1.82) is 0 Å². The Morgan fingerprint density at radius 1 is 1.00 bits per heavy atom. The van der Waals surface area contributed by atoms with Crippen LogP contribution in [0.25, 0.3) is 0 Å². The van der Waals surface area contributed by atoms with E-state index in [1.54, 1.807) is 58.0 Å². The first-order valence-corrected chi connectivity index (χ1v) is 15.2. The number of carbonyl (C=O) groups is 4. The van der Waals surface area contributed by atoms with E-state index in [-0.39, 0.29) is 37.6 Å². The number of fused-ring (bicyclic) bond motifs is 1. The van der Waals surface area contributed by atoms with Gasteiger partial charge in [-0.1, -0.05) is 60.4 Å². The number of amides is 3. The van der Waals surface area contributed by atoms with Gasteiger partial charge in [-0.25, -0.2) is 4.79 Å². The van der Waals surface area contributed by atoms with Gasteiger partial charge in [0.25, 0.3) is 11.8 Å². The second-order valence-corrected chi connectivity index (χ2v) is 12.0. The summed E-state index contributed by atoms with van der Waals surface area (Å²) in [7, 11) is 0. The van der Waals surface area contributed by atoms with Crippen LogP contribution in [0.1, 0.15) is 61.6 Å². The van der Waals surface area contributed by atoms with Gasteiger partial charge in [0.05, 0.1) is 35.6 Å². The lowest BCUT2D eigenvalue weighted by atomic mass is 10.00. The van der Waals surface area contributed by atoms with E-state index in [1.807, 2.05) is 48.5 Å². The van der Waals surface area contributed by atoms with Gasteiger partial charge in [0.15, 0.2) is 0 Å². The molecule has 234 valence electrons. The molecule has 1 N–H and O–H groups in total. The van der Waals surface area contributed by atoms with Crippen LogP contribution in [0.2, 0.25) is 0 Å². The molecule has 1 aliphatic heterocycles. The van der Waals surface area contributed by atoms with E-state index >= 15 is 0 Å². The van der Waals surface area contributed by atoms with Gasteiger partial charge in [-0.15, -0.1) is 0 Å². The van der Waals surface area contributed by atoms with Gasteiger partial charge in [-0.3, -0.25) is 19.3 Å². The van der Waals surface area contributed by atoms with Crippen LogP contribution < -0.4 is 10.2 Å². The van der Waals surface area contributed by atoms with Crippen LogP contribution in [-0.2, 0) is 19.1 Å². The van der Waals surface area contributed by atoms with Crippen molar-refractivity contribution in [2.45, 2.75) is 51.0 Å². The fourth-order valence-corrected chi connectivity index (χ4v) is 5.00. The highest BCUT2D eigenvalue weighted by atomic mass is 32.1. The maximum absolute atomic E-state index is 14.4. The molecule has 45 heavy (non-hydrogen) atoms. The molecule has 2 unspecified atom stereocenters. The number of nitrogens with one attached hydrogen (secondary N) is 1. The summed E-state index contributed by atoms with van der Waals surface area (Å²) in [4.78, 5) is 56.0. The molecular formula is C35H37N3O6S. The van der Waals surface area contributed by atoms with E-state index in [1.165, 1.54) is 9.80 Å². The van der Waals surface area contributed by atoms with Crippen molar-refractivity contribution in [2.24, 2.45) is 0 Å². The molecule has 0 saturated carbocycles. The number of benzene rings is 3. The van der Waals surface area contributed by atoms with Crippen LogP contribution >= 0.6 is 12.6 Å². The SMILES string of the molecule is CCOC(=O)CC(c1ccccc1)N1CC(=O)N(c2ccccc2)c2ccc(C#CC(S)CNC(=O)OC(C)(C)C)cc2C1=O. The third-order valence-electron chi connectivity index (χ3n) is 6.75. The number of esters is 1. The Bertz CT molecular complexity index is 1590. The molecule has 2 atom stereocenters. The first kappa shape index (κ1) is 33.1. The summed E-state index contributed by atoms with van der Waals surface area (Å²) in [6.07, 6.45) is -0.691. The van der Waals surface area contributed by atoms with E-state index in [0.717, 1.165) is 0 Å². The Kier molecular flexibility index (Phi) is 10.9. The van der Waals surface area contributed by atoms with Gasteiger partial charge in [0, 0.05) is 17.8 Å². The number of carbonyl (C=O) groups excluding carboxylic acids is 4. The Labute approximate surface area is 269 Å². The van der Waals surface area contributed by atoms with Gasteiger partial charge < -0.3 is 19.7 Å². The summed E-state index contributed by atoms with van der Waals surface area (Å²) >= 11 is 4.47. The molecule has 0 fully saturated rings. The number of hydrogen-bond donors (Lipinski definition) is 2.